The molecule has 0 saturated heterocycles. The highest BCUT2D eigenvalue weighted by Gasteiger charge is 2.48. The summed E-state index contributed by atoms with van der Waals surface area (Å²) in [6, 6.07) is 0. The molecule has 0 aliphatic carbocycles. The second-order valence-electron chi connectivity index (χ2n) is 1.89. The van der Waals surface area contributed by atoms with Gasteiger partial charge in [-0.25, -0.2) is 0 Å². The van der Waals surface area contributed by atoms with E-state index in [2.05, 4.69) is 0 Å². The van der Waals surface area contributed by atoms with Gasteiger partial charge in [-0.2, -0.15) is 0 Å². The Labute approximate surface area is 78.6 Å². The summed E-state index contributed by atoms with van der Waals surface area (Å²) >= 11 is 21.5. The summed E-state index contributed by atoms with van der Waals surface area (Å²) in [7, 11) is 0. The molecule has 0 aromatic heterocycles. The Morgan fingerprint density at radius 1 is 1.10 bits per heavy atom. The van der Waals surface area contributed by atoms with E-state index in [0.717, 1.165) is 0 Å². The molecule has 0 spiro atoms. The van der Waals surface area contributed by atoms with Crippen LogP contribution in [-0.2, 0) is 0 Å². The van der Waals surface area contributed by atoms with Crippen LogP contribution in [0.5, 0.6) is 0 Å². The molecule has 62 valence electrons. The summed E-state index contributed by atoms with van der Waals surface area (Å²) in [5.41, 5.74) is 0. The van der Waals surface area contributed by atoms with Crippen LogP contribution in [0.3, 0.4) is 0 Å². The van der Waals surface area contributed by atoms with E-state index >= 15 is 0 Å². The van der Waals surface area contributed by atoms with E-state index in [1.54, 1.807) is 0 Å². The molecule has 0 atom stereocenters. The predicted molar refractivity (Wildman–Crippen MR) is 42.8 cm³/mol. The molecule has 0 amide bonds. The van der Waals surface area contributed by atoms with Gasteiger partial charge in [-0.3, -0.25) is 0 Å². The van der Waals surface area contributed by atoms with Gasteiger partial charge in [-0.15, -0.1) is 0 Å². The highest BCUT2D eigenvalue weighted by atomic mass is 35.5. The molecule has 2 N–H and O–H groups in total. The Hall–Kier alpha value is 1.08. The number of hydrogen-bond donors (Lipinski definition) is 2. The second kappa shape index (κ2) is 3.21. The van der Waals surface area contributed by atoms with Crippen molar-refractivity contribution in [1.29, 1.82) is 0 Å². The SMILES string of the molecule is CC(Cl)(Cl)C(Cl)(Cl)C(O)O. The molecule has 0 saturated carbocycles. The van der Waals surface area contributed by atoms with E-state index < -0.39 is 15.0 Å². The van der Waals surface area contributed by atoms with Crippen molar-refractivity contribution in [2.24, 2.45) is 0 Å². The van der Waals surface area contributed by atoms with Crippen LogP contribution >= 0.6 is 46.4 Å². The number of aliphatic hydroxyl groups excluding tert-OH is 1. The fourth-order valence-electron chi connectivity index (χ4n) is 0.227. The van der Waals surface area contributed by atoms with Crippen molar-refractivity contribution in [3.05, 3.63) is 0 Å². The third-order valence-corrected chi connectivity index (χ3v) is 3.04. The van der Waals surface area contributed by atoms with Gasteiger partial charge in [-0.05, 0) is 6.92 Å². The lowest BCUT2D eigenvalue weighted by Gasteiger charge is -2.30. The average Bonchev–Trinajstić information content (AvgIpc) is 1.62. The summed E-state index contributed by atoms with van der Waals surface area (Å²) in [5, 5.41) is 17.1. The van der Waals surface area contributed by atoms with Crippen molar-refractivity contribution in [2.75, 3.05) is 0 Å². The highest BCUT2D eigenvalue weighted by Crippen LogP contribution is 2.43. The zero-order chi connectivity index (χ0) is 8.58. The lowest BCUT2D eigenvalue weighted by atomic mass is 10.3. The van der Waals surface area contributed by atoms with Gasteiger partial charge in [0.2, 0.25) is 0 Å². The Bertz CT molecular complexity index is 117. The number of alkyl halides is 4. The van der Waals surface area contributed by atoms with Gasteiger partial charge < -0.3 is 10.2 Å². The monoisotopic (exact) mass is 226 g/mol. The Morgan fingerprint density at radius 3 is 1.40 bits per heavy atom. The molecule has 0 bridgehead atoms. The van der Waals surface area contributed by atoms with E-state index in [9.17, 15) is 0 Å². The van der Waals surface area contributed by atoms with Crippen LogP contribution in [0.15, 0.2) is 0 Å². The number of halogens is 4. The smallest absolute Gasteiger partial charge is 0.200 e. The van der Waals surface area contributed by atoms with Gasteiger partial charge in [-0.1, -0.05) is 46.4 Å². The maximum Gasteiger partial charge on any atom is 0.200 e. The lowest BCUT2D eigenvalue weighted by Crippen LogP contribution is -2.44. The third-order valence-electron chi connectivity index (χ3n) is 0.910. The molecule has 0 rings (SSSR count). The standard InChI is InChI=1S/C4H6Cl4O2/c1-3(5,6)4(7,8)2(9)10/h2,9-10H,1H3. The molecule has 10 heavy (non-hydrogen) atoms. The van der Waals surface area contributed by atoms with E-state index in [4.69, 9.17) is 56.6 Å². The number of hydrogen-bond acceptors (Lipinski definition) is 2. The van der Waals surface area contributed by atoms with Gasteiger partial charge in [0.1, 0.15) is 0 Å². The van der Waals surface area contributed by atoms with Crippen molar-refractivity contribution in [2.45, 2.75) is 21.9 Å². The van der Waals surface area contributed by atoms with Gasteiger partial charge in [0, 0.05) is 0 Å². The van der Waals surface area contributed by atoms with E-state index in [0.29, 0.717) is 0 Å². The molecule has 0 fully saturated rings. The van der Waals surface area contributed by atoms with Crippen molar-refractivity contribution in [1.82, 2.24) is 0 Å². The first-order chi connectivity index (χ1) is 4.19. The van der Waals surface area contributed by atoms with Crippen LogP contribution in [0.2, 0.25) is 0 Å². The summed E-state index contributed by atoms with van der Waals surface area (Å²) < 4.78 is -3.58. The van der Waals surface area contributed by atoms with Crippen molar-refractivity contribution >= 4 is 46.4 Å². The molecule has 0 aromatic carbocycles. The molecule has 0 aliphatic heterocycles. The first-order valence-corrected chi connectivity index (χ1v) is 3.82. The van der Waals surface area contributed by atoms with Crippen molar-refractivity contribution in [3.8, 4) is 0 Å². The van der Waals surface area contributed by atoms with E-state index in [-0.39, 0.29) is 0 Å². The quantitative estimate of drug-likeness (QED) is 0.557. The fourth-order valence-corrected chi connectivity index (χ4v) is 0.422. The summed E-state index contributed by atoms with van der Waals surface area (Å²) in [4.78, 5) is 0. The maximum absolute atomic E-state index is 8.54. The minimum Gasteiger partial charge on any atom is -0.366 e. The fraction of sp³-hybridized carbons (Fsp3) is 1.00. The third kappa shape index (κ3) is 2.29. The minimum absolute atomic E-state index is 1.26. The van der Waals surface area contributed by atoms with Crippen LogP contribution in [0, 0.1) is 0 Å². The van der Waals surface area contributed by atoms with Crippen LogP contribution in [-0.4, -0.2) is 25.2 Å². The molecule has 0 heterocycles. The molecular formula is C4H6Cl4O2. The van der Waals surface area contributed by atoms with E-state index in [1.807, 2.05) is 0 Å². The zero-order valence-electron chi connectivity index (χ0n) is 4.98. The van der Waals surface area contributed by atoms with Gasteiger partial charge in [0.05, 0.1) is 0 Å². The topological polar surface area (TPSA) is 40.5 Å². The van der Waals surface area contributed by atoms with Crippen LogP contribution in [0.25, 0.3) is 0 Å². The summed E-state index contributed by atoms with van der Waals surface area (Å²) in [6.07, 6.45) is -1.98. The Kier molecular flexibility index (Phi) is 3.56. The van der Waals surface area contributed by atoms with E-state index in [1.165, 1.54) is 6.92 Å². The first kappa shape index (κ1) is 11.1. The minimum atomic E-state index is -1.98. The summed E-state index contributed by atoms with van der Waals surface area (Å²) in [5.74, 6) is 0. The first-order valence-electron chi connectivity index (χ1n) is 2.31. The lowest BCUT2D eigenvalue weighted by molar-refractivity contribution is -0.0538. The number of aliphatic hydroxyl groups is 2. The van der Waals surface area contributed by atoms with Crippen molar-refractivity contribution in [3.63, 3.8) is 0 Å². The second-order valence-corrected chi connectivity index (χ2v) is 4.98. The van der Waals surface area contributed by atoms with Crippen LogP contribution in [0.4, 0.5) is 0 Å². The number of rotatable bonds is 2. The molecule has 0 unspecified atom stereocenters. The van der Waals surface area contributed by atoms with Crippen LogP contribution < -0.4 is 0 Å². The normalized spacial score (nSPS) is 14.4. The molecular weight excluding hydrogens is 222 g/mol. The molecule has 0 radical (unpaired) electrons. The zero-order valence-corrected chi connectivity index (χ0v) is 8.01. The van der Waals surface area contributed by atoms with Gasteiger partial charge in [0.25, 0.3) is 0 Å². The van der Waals surface area contributed by atoms with Gasteiger partial charge in [0.15, 0.2) is 15.0 Å². The Morgan fingerprint density at radius 2 is 1.40 bits per heavy atom. The Balaban J connectivity index is 4.40. The largest absolute Gasteiger partial charge is 0.366 e. The van der Waals surface area contributed by atoms with Crippen molar-refractivity contribution < 1.29 is 10.2 Å². The molecule has 0 aromatic rings. The highest BCUT2D eigenvalue weighted by molar-refractivity contribution is 6.62. The van der Waals surface area contributed by atoms with Gasteiger partial charge >= 0.3 is 0 Å². The average molecular weight is 228 g/mol. The molecule has 0 aliphatic rings. The van der Waals surface area contributed by atoms with Crippen LogP contribution in [0.1, 0.15) is 6.92 Å². The molecule has 6 heteroatoms. The maximum atomic E-state index is 8.54. The predicted octanol–water partition coefficient (Wildman–Crippen LogP) is 1.66. The molecule has 2 nitrogen and oxygen atoms in total. The summed E-state index contributed by atoms with van der Waals surface area (Å²) in [6.45, 7) is 1.26.